The van der Waals surface area contributed by atoms with Crippen LogP contribution < -0.4 is 16.2 Å². The number of rotatable bonds is 6. The molecule has 0 aliphatic heterocycles. The van der Waals surface area contributed by atoms with Gasteiger partial charge in [0.25, 0.3) is 17.4 Å². The van der Waals surface area contributed by atoms with Gasteiger partial charge in [-0.1, -0.05) is 32.9 Å². The van der Waals surface area contributed by atoms with E-state index in [1.54, 1.807) is 24.3 Å². The molecule has 0 radical (unpaired) electrons. The summed E-state index contributed by atoms with van der Waals surface area (Å²) < 4.78 is 0. The maximum atomic E-state index is 12.6. The predicted molar refractivity (Wildman–Crippen MR) is 118 cm³/mol. The molecule has 1 aliphatic rings. The van der Waals surface area contributed by atoms with E-state index in [1.807, 2.05) is 27.7 Å². The Kier molecular flexibility index (Phi) is 6.43. The third kappa shape index (κ3) is 5.29. The van der Waals surface area contributed by atoms with Crippen LogP contribution >= 0.6 is 0 Å². The van der Waals surface area contributed by atoms with Gasteiger partial charge in [-0.05, 0) is 48.9 Å². The summed E-state index contributed by atoms with van der Waals surface area (Å²) in [5.74, 6) is -0.803. The van der Waals surface area contributed by atoms with Gasteiger partial charge >= 0.3 is 0 Å². The molecule has 0 bridgehead atoms. The van der Waals surface area contributed by atoms with E-state index in [0.29, 0.717) is 29.7 Å². The fourth-order valence-electron chi connectivity index (χ4n) is 3.71. The summed E-state index contributed by atoms with van der Waals surface area (Å²) in [6.45, 7) is 8.03. The van der Waals surface area contributed by atoms with Crippen LogP contribution in [0.3, 0.4) is 0 Å². The number of carbonyl (C=O) groups excluding carboxylic acids is 3. The first-order chi connectivity index (χ1) is 14.6. The van der Waals surface area contributed by atoms with Gasteiger partial charge < -0.3 is 15.6 Å². The summed E-state index contributed by atoms with van der Waals surface area (Å²) in [5.41, 5.74) is 1.42. The number of pyridine rings is 1. The molecule has 0 saturated heterocycles. The summed E-state index contributed by atoms with van der Waals surface area (Å²) >= 11 is 0. The maximum absolute atomic E-state index is 12.6. The molecule has 1 atom stereocenters. The molecule has 1 unspecified atom stereocenters. The van der Waals surface area contributed by atoms with Gasteiger partial charge in [-0.2, -0.15) is 0 Å². The van der Waals surface area contributed by atoms with Crippen LogP contribution in [-0.4, -0.2) is 28.6 Å². The van der Waals surface area contributed by atoms with Crippen LogP contribution in [0.5, 0.6) is 0 Å². The normalized spacial score (nSPS) is 15.7. The lowest BCUT2D eigenvalue weighted by Gasteiger charge is -2.29. The van der Waals surface area contributed by atoms with E-state index in [0.717, 1.165) is 12.0 Å². The van der Waals surface area contributed by atoms with Crippen molar-refractivity contribution in [2.45, 2.75) is 59.5 Å². The Hall–Kier alpha value is -3.22. The molecule has 7 heteroatoms. The monoisotopic (exact) mass is 423 g/mol. The van der Waals surface area contributed by atoms with Gasteiger partial charge in [0, 0.05) is 35.8 Å². The van der Waals surface area contributed by atoms with Gasteiger partial charge in [-0.15, -0.1) is 0 Å². The Morgan fingerprint density at radius 1 is 1.13 bits per heavy atom. The standard InChI is InChI=1S/C24H29N3O4/c1-5-14(2)26-21(29)16-8-6-7-15(9-16)13-25-22(30)18-10-17-19(27-23(18)31)11-24(3,4)12-20(17)28/h6-10,14H,5,11-13H2,1-4H3,(H,25,30)(H,26,29)(H,27,31). The zero-order chi connectivity index (χ0) is 22.8. The summed E-state index contributed by atoms with van der Waals surface area (Å²) in [6.07, 6.45) is 1.78. The highest BCUT2D eigenvalue weighted by molar-refractivity contribution is 6.02. The topological polar surface area (TPSA) is 108 Å². The Morgan fingerprint density at radius 2 is 1.87 bits per heavy atom. The molecule has 2 aromatic rings. The largest absolute Gasteiger partial charge is 0.350 e. The molecule has 0 fully saturated rings. The Balaban J connectivity index is 1.73. The second kappa shape index (κ2) is 8.88. The molecule has 31 heavy (non-hydrogen) atoms. The first kappa shape index (κ1) is 22.5. The molecule has 1 aromatic carbocycles. The molecular weight excluding hydrogens is 394 g/mol. The summed E-state index contributed by atoms with van der Waals surface area (Å²) in [5, 5.41) is 5.62. The number of fused-ring (bicyclic) bond motifs is 1. The van der Waals surface area contributed by atoms with E-state index in [2.05, 4.69) is 15.6 Å². The van der Waals surface area contributed by atoms with Gasteiger partial charge in [-0.25, -0.2) is 0 Å². The van der Waals surface area contributed by atoms with Crippen LogP contribution in [0.4, 0.5) is 0 Å². The number of H-pyrrole nitrogens is 1. The minimum Gasteiger partial charge on any atom is -0.350 e. The average Bonchev–Trinajstić information content (AvgIpc) is 2.70. The molecule has 3 N–H and O–H groups in total. The highest BCUT2D eigenvalue weighted by Crippen LogP contribution is 2.33. The van der Waals surface area contributed by atoms with Crippen LogP contribution in [0.25, 0.3) is 0 Å². The van der Waals surface area contributed by atoms with Crippen LogP contribution in [0, 0.1) is 5.41 Å². The van der Waals surface area contributed by atoms with Crippen molar-refractivity contribution < 1.29 is 14.4 Å². The Labute approximate surface area is 181 Å². The fourth-order valence-corrected chi connectivity index (χ4v) is 3.71. The van der Waals surface area contributed by atoms with E-state index in [9.17, 15) is 19.2 Å². The number of carbonyl (C=O) groups is 3. The molecule has 1 aliphatic carbocycles. The number of Topliss-reactive ketones (excluding diaryl/α,β-unsaturated/α-hetero) is 1. The quantitative estimate of drug-likeness (QED) is 0.664. The van der Waals surface area contributed by atoms with Crippen LogP contribution in [0.1, 0.15) is 82.9 Å². The van der Waals surface area contributed by atoms with E-state index in [-0.39, 0.29) is 35.3 Å². The van der Waals surface area contributed by atoms with Gasteiger partial charge in [0.05, 0.1) is 0 Å². The SMILES string of the molecule is CCC(C)NC(=O)c1cccc(CNC(=O)c2cc3c([nH]c2=O)CC(C)(C)CC3=O)c1. The van der Waals surface area contributed by atoms with Crippen molar-refractivity contribution >= 4 is 17.6 Å². The maximum Gasteiger partial charge on any atom is 0.261 e. The van der Waals surface area contributed by atoms with Crippen LogP contribution in [0.2, 0.25) is 0 Å². The van der Waals surface area contributed by atoms with Gasteiger partial charge in [0.2, 0.25) is 0 Å². The predicted octanol–water partition coefficient (Wildman–Crippen LogP) is 2.99. The van der Waals surface area contributed by atoms with Crippen molar-refractivity contribution in [3.63, 3.8) is 0 Å². The molecule has 1 aromatic heterocycles. The van der Waals surface area contributed by atoms with Gasteiger partial charge in [0.15, 0.2) is 5.78 Å². The van der Waals surface area contributed by atoms with Gasteiger partial charge in [-0.3, -0.25) is 19.2 Å². The highest BCUT2D eigenvalue weighted by Gasteiger charge is 2.32. The van der Waals surface area contributed by atoms with Crippen molar-refractivity contribution in [2.24, 2.45) is 5.41 Å². The number of aromatic amines is 1. The molecule has 2 amide bonds. The summed E-state index contributed by atoms with van der Waals surface area (Å²) in [4.78, 5) is 52.6. The second-order valence-corrected chi connectivity index (χ2v) is 9.01. The average molecular weight is 424 g/mol. The molecule has 1 heterocycles. The Bertz CT molecular complexity index is 1080. The molecule has 0 spiro atoms. The summed E-state index contributed by atoms with van der Waals surface area (Å²) in [7, 11) is 0. The number of aromatic nitrogens is 1. The van der Waals surface area contributed by atoms with E-state index in [1.165, 1.54) is 6.07 Å². The lowest BCUT2D eigenvalue weighted by atomic mass is 9.75. The van der Waals surface area contributed by atoms with Crippen LogP contribution in [-0.2, 0) is 13.0 Å². The third-order valence-electron chi connectivity index (χ3n) is 5.59. The molecule has 164 valence electrons. The third-order valence-corrected chi connectivity index (χ3v) is 5.59. The zero-order valence-electron chi connectivity index (χ0n) is 18.4. The molecule has 7 nitrogen and oxygen atoms in total. The first-order valence-electron chi connectivity index (χ1n) is 10.6. The fraction of sp³-hybridized carbons (Fsp3) is 0.417. The summed E-state index contributed by atoms with van der Waals surface area (Å²) in [6, 6.07) is 8.43. The van der Waals surface area contributed by atoms with E-state index < -0.39 is 11.5 Å². The van der Waals surface area contributed by atoms with Gasteiger partial charge in [0.1, 0.15) is 5.56 Å². The van der Waals surface area contributed by atoms with E-state index >= 15 is 0 Å². The number of hydrogen-bond acceptors (Lipinski definition) is 4. The second-order valence-electron chi connectivity index (χ2n) is 9.01. The number of benzene rings is 1. The van der Waals surface area contributed by atoms with Crippen molar-refractivity contribution in [1.29, 1.82) is 0 Å². The van der Waals surface area contributed by atoms with E-state index in [4.69, 9.17) is 0 Å². The number of amides is 2. The smallest absolute Gasteiger partial charge is 0.261 e. The number of nitrogens with one attached hydrogen (secondary N) is 3. The minimum absolute atomic E-state index is 0.0693. The van der Waals surface area contributed by atoms with Crippen molar-refractivity contribution in [1.82, 2.24) is 15.6 Å². The number of ketones is 1. The molecule has 3 rings (SSSR count). The molecular formula is C24H29N3O4. The number of hydrogen-bond donors (Lipinski definition) is 3. The highest BCUT2D eigenvalue weighted by atomic mass is 16.2. The van der Waals surface area contributed by atoms with Crippen molar-refractivity contribution in [3.8, 4) is 0 Å². The van der Waals surface area contributed by atoms with Crippen molar-refractivity contribution in [2.75, 3.05) is 0 Å². The lowest BCUT2D eigenvalue weighted by molar-refractivity contribution is 0.0907. The lowest BCUT2D eigenvalue weighted by Crippen LogP contribution is -2.34. The van der Waals surface area contributed by atoms with Crippen LogP contribution in [0.15, 0.2) is 35.1 Å². The minimum atomic E-state index is -0.559. The zero-order valence-corrected chi connectivity index (χ0v) is 18.4. The molecule has 0 saturated carbocycles. The Morgan fingerprint density at radius 3 is 2.58 bits per heavy atom. The first-order valence-corrected chi connectivity index (χ1v) is 10.6. The van der Waals surface area contributed by atoms with Crippen molar-refractivity contribution in [3.05, 3.63) is 68.6 Å².